The molecule has 0 amide bonds. The van der Waals surface area contributed by atoms with Gasteiger partial charge in [-0.25, -0.2) is 0 Å². The maximum absolute atomic E-state index is 10.9. The van der Waals surface area contributed by atoms with Crippen molar-refractivity contribution in [3.05, 3.63) is 11.6 Å². The van der Waals surface area contributed by atoms with E-state index in [0.717, 1.165) is 24.7 Å². The average molecular weight is 238 g/mol. The summed E-state index contributed by atoms with van der Waals surface area (Å²) in [4.78, 5) is 10.9. The van der Waals surface area contributed by atoms with Crippen molar-refractivity contribution < 1.29 is 4.79 Å². The van der Waals surface area contributed by atoms with Gasteiger partial charge in [-0.15, -0.1) is 0 Å². The van der Waals surface area contributed by atoms with E-state index in [1.54, 1.807) is 0 Å². The molecule has 0 fully saturated rings. The van der Waals surface area contributed by atoms with E-state index in [1.807, 2.05) is 0 Å². The molecule has 0 atom stereocenters. The van der Waals surface area contributed by atoms with Crippen LogP contribution in [0.2, 0.25) is 0 Å². The number of allylic oxidation sites excluding steroid dienone is 2. The molecule has 0 unspecified atom stereocenters. The van der Waals surface area contributed by atoms with Gasteiger partial charge in [0.2, 0.25) is 0 Å². The number of carbonyl (C=O) groups is 1. The summed E-state index contributed by atoms with van der Waals surface area (Å²) in [6, 6.07) is 0. The normalized spacial score (nSPS) is 11.8. The highest BCUT2D eigenvalue weighted by atomic mass is 16.1. The van der Waals surface area contributed by atoms with Crippen LogP contribution < -0.4 is 0 Å². The maximum Gasteiger partial charge on any atom is 0.145 e. The van der Waals surface area contributed by atoms with E-state index in [1.165, 1.54) is 57.8 Å². The van der Waals surface area contributed by atoms with Crippen molar-refractivity contribution >= 4 is 6.29 Å². The predicted molar refractivity (Wildman–Crippen MR) is 76.3 cm³/mol. The zero-order valence-corrected chi connectivity index (χ0v) is 11.8. The average Bonchev–Trinajstić information content (AvgIpc) is 2.36. The fourth-order valence-electron chi connectivity index (χ4n) is 2.00. The van der Waals surface area contributed by atoms with Crippen molar-refractivity contribution in [3.8, 4) is 0 Å². The second-order valence-electron chi connectivity index (χ2n) is 4.91. The number of unbranched alkanes of at least 4 members (excludes halogenated alkanes) is 8. The number of aldehydes is 1. The summed E-state index contributed by atoms with van der Waals surface area (Å²) in [5.74, 6) is 0. The maximum atomic E-state index is 10.9. The molecule has 0 saturated heterocycles. The molecule has 0 aromatic heterocycles. The van der Waals surface area contributed by atoms with E-state index in [0.29, 0.717) is 0 Å². The largest absolute Gasteiger partial charge is 0.298 e. The van der Waals surface area contributed by atoms with Gasteiger partial charge < -0.3 is 0 Å². The van der Waals surface area contributed by atoms with Crippen LogP contribution in [0.25, 0.3) is 0 Å². The minimum absolute atomic E-state index is 0.985. The van der Waals surface area contributed by atoms with E-state index < -0.39 is 0 Å². The first-order valence-electron chi connectivity index (χ1n) is 7.49. The van der Waals surface area contributed by atoms with Crippen LogP contribution in [0.15, 0.2) is 11.6 Å². The van der Waals surface area contributed by atoms with Gasteiger partial charge in [0, 0.05) is 0 Å². The third-order valence-corrected chi connectivity index (χ3v) is 3.18. The lowest BCUT2D eigenvalue weighted by molar-refractivity contribution is -0.105. The lowest BCUT2D eigenvalue weighted by atomic mass is 10.0. The molecule has 0 aliphatic rings. The number of hydrogen-bond donors (Lipinski definition) is 0. The highest BCUT2D eigenvalue weighted by Crippen LogP contribution is 2.11. The van der Waals surface area contributed by atoms with Crippen molar-refractivity contribution in [2.45, 2.75) is 84.5 Å². The van der Waals surface area contributed by atoms with E-state index in [9.17, 15) is 4.79 Å². The first-order chi connectivity index (χ1) is 8.35. The number of hydrogen-bond acceptors (Lipinski definition) is 1. The van der Waals surface area contributed by atoms with Crippen molar-refractivity contribution in [2.75, 3.05) is 0 Å². The minimum Gasteiger partial charge on any atom is -0.298 e. The Bertz CT molecular complexity index is 194. The summed E-state index contributed by atoms with van der Waals surface area (Å²) in [6.07, 6.45) is 16.8. The van der Waals surface area contributed by atoms with Gasteiger partial charge in [0.15, 0.2) is 0 Å². The van der Waals surface area contributed by atoms with Crippen LogP contribution in [0.5, 0.6) is 0 Å². The molecule has 1 heteroatoms. The van der Waals surface area contributed by atoms with E-state index in [4.69, 9.17) is 0 Å². The molecule has 0 aromatic carbocycles. The van der Waals surface area contributed by atoms with Gasteiger partial charge in [-0.2, -0.15) is 0 Å². The molecule has 17 heavy (non-hydrogen) atoms. The first-order valence-corrected chi connectivity index (χ1v) is 7.49. The SMILES string of the molecule is CCCCCCC/C=C(/C=O)CCCCCC. The lowest BCUT2D eigenvalue weighted by Gasteiger charge is -2.01. The van der Waals surface area contributed by atoms with Crippen molar-refractivity contribution in [2.24, 2.45) is 0 Å². The standard InChI is InChI=1S/C16H30O/c1-3-5-7-9-10-12-14-16(15-17)13-11-8-6-4-2/h14-15H,3-13H2,1-2H3/b16-14+. The smallest absolute Gasteiger partial charge is 0.145 e. The van der Waals surface area contributed by atoms with Gasteiger partial charge in [-0.1, -0.05) is 64.9 Å². The summed E-state index contributed by atoms with van der Waals surface area (Å²) in [6.45, 7) is 4.45. The van der Waals surface area contributed by atoms with Gasteiger partial charge >= 0.3 is 0 Å². The highest BCUT2D eigenvalue weighted by molar-refractivity contribution is 5.72. The van der Waals surface area contributed by atoms with Crippen molar-refractivity contribution in [1.29, 1.82) is 0 Å². The molecule has 0 rings (SSSR count). The Balaban J connectivity index is 3.52. The molecule has 0 bridgehead atoms. The zero-order valence-electron chi connectivity index (χ0n) is 11.8. The summed E-state index contributed by atoms with van der Waals surface area (Å²) >= 11 is 0. The summed E-state index contributed by atoms with van der Waals surface area (Å²) in [5, 5.41) is 0. The third kappa shape index (κ3) is 11.7. The van der Waals surface area contributed by atoms with E-state index in [2.05, 4.69) is 19.9 Å². The Kier molecular flexibility index (Phi) is 13.0. The Morgan fingerprint density at radius 1 is 0.824 bits per heavy atom. The summed E-state index contributed by atoms with van der Waals surface area (Å²) in [5.41, 5.74) is 1.02. The number of rotatable bonds is 12. The van der Waals surface area contributed by atoms with Gasteiger partial charge in [-0.3, -0.25) is 4.79 Å². The first kappa shape index (κ1) is 16.4. The van der Waals surface area contributed by atoms with Crippen LogP contribution in [0.1, 0.15) is 84.5 Å². The number of carbonyl (C=O) groups excluding carboxylic acids is 1. The topological polar surface area (TPSA) is 17.1 Å². The lowest BCUT2D eigenvalue weighted by Crippen LogP contribution is -1.87. The molecule has 0 aliphatic carbocycles. The van der Waals surface area contributed by atoms with Crippen LogP contribution in [0.3, 0.4) is 0 Å². The van der Waals surface area contributed by atoms with Gasteiger partial charge in [0.25, 0.3) is 0 Å². The van der Waals surface area contributed by atoms with Crippen LogP contribution in [0.4, 0.5) is 0 Å². The third-order valence-electron chi connectivity index (χ3n) is 3.18. The molecule has 1 nitrogen and oxygen atoms in total. The Hall–Kier alpha value is -0.590. The summed E-state index contributed by atoms with van der Waals surface area (Å²) in [7, 11) is 0. The molecular formula is C16H30O. The quantitative estimate of drug-likeness (QED) is 0.251. The molecule has 0 saturated carbocycles. The second kappa shape index (κ2) is 13.5. The Labute approximate surface area is 108 Å². The molecule has 100 valence electrons. The summed E-state index contributed by atoms with van der Waals surface area (Å²) < 4.78 is 0. The predicted octanol–water partition coefficient (Wildman–Crippen LogP) is 5.44. The van der Waals surface area contributed by atoms with Crippen LogP contribution >= 0.6 is 0 Å². The second-order valence-corrected chi connectivity index (χ2v) is 4.91. The van der Waals surface area contributed by atoms with Gasteiger partial charge in [-0.05, 0) is 31.3 Å². The zero-order chi connectivity index (χ0) is 12.8. The van der Waals surface area contributed by atoms with Crippen LogP contribution in [-0.2, 0) is 4.79 Å². The fraction of sp³-hybridized carbons (Fsp3) is 0.812. The molecule has 0 aliphatic heterocycles. The van der Waals surface area contributed by atoms with Gasteiger partial charge in [0.1, 0.15) is 6.29 Å². The molecule has 0 spiro atoms. The minimum atomic E-state index is 0.985. The van der Waals surface area contributed by atoms with Crippen LogP contribution in [-0.4, -0.2) is 6.29 Å². The molecule has 0 radical (unpaired) electrons. The molecule has 0 aromatic rings. The van der Waals surface area contributed by atoms with E-state index >= 15 is 0 Å². The molecule has 0 N–H and O–H groups in total. The fourth-order valence-corrected chi connectivity index (χ4v) is 2.00. The molecular weight excluding hydrogens is 208 g/mol. The van der Waals surface area contributed by atoms with E-state index in [-0.39, 0.29) is 0 Å². The Morgan fingerprint density at radius 2 is 1.41 bits per heavy atom. The van der Waals surface area contributed by atoms with Crippen molar-refractivity contribution in [1.82, 2.24) is 0 Å². The monoisotopic (exact) mass is 238 g/mol. The highest BCUT2D eigenvalue weighted by Gasteiger charge is 1.96. The molecule has 0 heterocycles. The van der Waals surface area contributed by atoms with Crippen LogP contribution in [0, 0.1) is 0 Å². The van der Waals surface area contributed by atoms with Crippen molar-refractivity contribution in [3.63, 3.8) is 0 Å². The van der Waals surface area contributed by atoms with Gasteiger partial charge in [0.05, 0.1) is 0 Å². The Morgan fingerprint density at radius 3 is 2.00 bits per heavy atom.